The molecule has 2 N–H and O–H groups in total. The molecule has 0 aromatic carbocycles. The summed E-state index contributed by atoms with van der Waals surface area (Å²) in [4.78, 5) is 12.5. The Labute approximate surface area is 149 Å². The predicted molar refractivity (Wildman–Crippen MR) is 89.7 cm³/mol. The molecule has 0 amide bonds. The second kappa shape index (κ2) is 6.19. The molecule has 2 aliphatic carbocycles. The van der Waals surface area contributed by atoms with E-state index in [9.17, 15) is 4.79 Å². The number of carbonyl (C=O) groups excluding carboxylic acids is 1. The standard InChI is InChI=1S/C19H31NO5/c1-11-6-5-7-18(2)8-13-15(16-19(11,18)25-16)12(17(21)24-13)9-20-10-14(22-3)23-4/h11-16,20H,5-10H2,1-4H3/p+1/t11-,12+,13+,15+,16-,18+,19-/m0/s1. The summed E-state index contributed by atoms with van der Waals surface area (Å²) >= 11 is 0. The molecule has 2 heterocycles. The summed E-state index contributed by atoms with van der Waals surface area (Å²) in [6.45, 7) is 6.08. The molecule has 0 aromatic rings. The van der Waals surface area contributed by atoms with Crippen LogP contribution in [0.25, 0.3) is 0 Å². The van der Waals surface area contributed by atoms with E-state index < -0.39 is 0 Å². The fourth-order valence-electron chi connectivity index (χ4n) is 6.20. The molecule has 25 heavy (non-hydrogen) atoms. The molecule has 7 atom stereocenters. The molecule has 2 saturated heterocycles. The second-order valence-electron chi connectivity index (χ2n) is 8.71. The maximum absolute atomic E-state index is 12.5. The van der Waals surface area contributed by atoms with Crippen LogP contribution in [-0.4, -0.2) is 57.4 Å². The number of methoxy groups -OCH3 is 2. The molecule has 1 spiro atoms. The van der Waals surface area contributed by atoms with Gasteiger partial charge in [0.2, 0.25) is 6.29 Å². The Morgan fingerprint density at radius 2 is 2.12 bits per heavy atom. The topological polar surface area (TPSA) is 73.9 Å². The summed E-state index contributed by atoms with van der Waals surface area (Å²) in [5.74, 6) is 0.658. The van der Waals surface area contributed by atoms with Gasteiger partial charge >= 0.3 is 5.97 Å². The highest BCUT2D eigenvalue weighted by atomic mass is 16.7. The number of hydrogen-bond acceptors (Lipinski definition) is 5. The molecule has 0 unspecified atom stereocenters. The van der Waals surface area contributed by atoms with Crippen LogP contribution in [0.5, 0.6) is 0 Å². The van der Waals surface area contributed by atoms with Gasteiger partial charge in [0.1, 0.15) is 24.2 Å². The molecule has 0 radical (unpaired) electrons. The fourth-order valence-corrected chi connectivity index (χ4v) is 6.20. The van der Waals surface area contributed by atoms with Gasteiger partial charge in [0.05, 0.1) is 12.6 Å². The van der Waals surface area contributed by atoms with Crippen molar-refractivity contribution >= 4 is 5.97 Å². The summed E-state index contributed by atoms with van der Waals surface area (Å²) in [6, 6.07) is 0. The van der Waals surface area contributed by atoms with E-state index in [4.69, 9.17) is 18.9 Å². The molecule has 142 valence electrons. The maximum atomic E-state index is 12.5. The Morgan fingerprint density at radius 3 is 2.84 bits per heavy atom. The minimum atomic E-state index is -0.246. The Balaban J connectivity index is 1.47. The highest BCUT2D eigenvalue weighted by molar-refractivity contribution is 5.76. The lowest BCUT2D eigenvalue weighted by atomic mass is 9.53. The predicted octanol–water partition coefficient (Wildman–Crippen LogP) is 0.694. The largest absolute Gasteiger partial charge is 0.462 e. The van der Waals surface area contributed by atoms with Crippen LogP contribution in [0.15, 0.2) is 0 Å². The smallest absolute Gasteiger partial charge is 0.315 e. The normalized spacial score (nSPS) is 47.9. The van der Waals surface area contributed by atoms with Crippen molar-refractivity contribution in [2.24, 2.45) is 23.2 Å². The molecular weight excluding hydrogens is 322 g/mol. The Morgan fingerprint density at radius 1 is 1.36 bits per heavy atom. The third-order valence-electron chi connectivity index (χ3n) is 7.50. The van der Waals surface area contributed by atoms with Crippen molar-refractivity contribution in [1.29, 1.82) is 0 Å². The summed E-state index contributed by atoms with van der Waals surface area (Å²) in [6.07, 6.45) is 4.62. The first-order chi connectivity index (χ1) is 12.0. The van der Waals surface area contributed by atoms with E-state index in [1.54, 1.807) is 14.2 Å². The molecular formula is C19H32NO5+. The Hall–Kier alpha value is -0.690. The van der Waals surface area contributed by atoms with Crippen molar-refractivity contribution < 1.29 is 29.1 Å². The number of carbonyl (C=O) groups is 1. The molecule has 4 aliphatic rings. The molecule has 0 aromatic heterocycles. The van der Waals surface area contributed by atoms with Crippen molar-refractivity contribution in [3.63, 3.8) is 0 Å². The van der Waals surface area contributed by atoms with Gasteiger partial charge in [-0.05, 0) is 25.2 Å². The Bertz CT molecular complexity index is 538. The van der Waals surface area contributed by atoms with Crippen LogP contribution in [0.4, 0.5) is 0 Å². The summed E-state index contributed by atoms with van der Waals surface area (Å²) in [5, 5.41) is 2.11. The van der Waals surface area contributed by atoms with E-state index in [-0.39, 0.29) is 47.3 Å². The van der Waals surface area contributed by atoms with Crippen LogP contribution >= 0.6 is 0 Å². The molecule has 6 heteroatoms. The highest BCUT2D eigenvalue weighted by Gasteiger charge is 2.78. The zero-order chi connectivity index (χ0) is 17.8. The number of fused-ring (bicyclic) bond motifs is 2. The average molecular weight is 354 g/mol. The average Bonchev–Trinajstić information content (AvgIpc) is 3.26. The second-order valence-corrected chi connectivity index (χ2v) is 8.71. The van der Waals surface area contributed by atoms with Gasteiger partial charge < -0.3 is 24.3 Å². The first kappa shape index (κ1) is 17.7. The van der Waals surface area contributed by atoms with E-state index in [1.165, 1.54) is 19.3 Å². The van der Waals surface area contributed by atoms with Gasteiger partial charge in [-0.3, -0.25) is 4.79 Å². The number of rotatable bonds is 6. The van der Waals surface area contributed by atoms with Crippen molar-refractivity contribution in [3.8, 4) is 0 Å². The van der Waals surface area contributed by atoms with Gasteiger partial charge in [0.25, 0.3) is 0 Å². The van der Waals surface area contributed by atoms with Gasteiger partial charge in [-0.1, -0.05) is 20.3 Å². The Kier molecular flexibility index (Phi) is 4.38. The van der Waals surface area contributed by atoms with Crippen molar-refractivity contribution in [2.75, 3.05) is 27.3 Å². The molecule has 2 saturated carbocycles. The van der Waals surface area contributed by atoms with E-state index in [1.807, 2.05) is 0 Å². The van der Waals surface area contributed by atoms with Crippen molar-refractivity contribution in [1.82, 2.24) is 0 Å². The molecule has 6 nitrogen and oxygen atoms in total. The van der Waals surface area contributed by atoms with Crippen LogP contribution in [0.2, 0.25) is 0 Å². The van der Waals surface area contributed by atoms with Gasteiger partial charge in [-0.15, -0.1) is 0 Å². The lowest BCUT2D eigenvalue weighted by molar-refractivity contribution is -0.671. The third-order valence-corrected chi connectivity index (χ3v) is 7.50. The number of epoxide rings is 1. The zero-order valence-corrected chi connectivity index (χ0v) is 15.8. The number of hydrogen-bond donors (Lipinski definition) is 1. The van der Waals surface area contributed by atoms with Gasteiger partial charge in [0.15, 0.2) is 0 Å². The minimum absolute atomic E-state index is 0.0136. The van der Waals surface area contributed by atoms with Crippen LogP contribution in [0.3, 0.4) is 0 Å². The van der Waals surface area contributed by atoms with Crippen LogP contribution in [0.1, 0.15) is 39.5 Å². The summed E-state index contributed by atoms with van der Waals surface area (Å²) < 4.78 is 22.7. The SMILES string of the molecule is COC(C[NH2+]C[C@H]1C(=O)O[C@@H]2C[C@@]3(C)CCC[C@H](C)[C@@]34O[C@H]4[C@@H]21)OC. The quantitative estimate of drug-likeness (QED) is 0.432. The number of nitrogens with two attached hydrogens (primary N) is 1. The third kappa shape index (κ3) is 2.48. The molecule has 4 fully saturated rings. The highest BCUT2D eigenvalue weighted by Crippen LogP contribution is 2.70. The lowest BCUT2D eigenvalue weighted by Crippen LogP contribution is -2.88. The molecule has 2 aliphatic heterocycles. The molecule has 0 bridgehead atoms. The maximum Gasteiger partial charge on any atom is 0.315 e. The van der Waals surface area contributed by atoms with Crippen molar-refractivity contribution in [2.45, 2.75) is 63.6 Å². The van der Waals surface area contributed by atoms with E-state index in [0.717, 1.165) is 6.42 Å². The van der Waals surface area contributed by atoms with Crippen LogP contribution in [0, 0.1) is 23.2 Å². The van der Waals surface area contributed by atoms with Gasteiger partial charge in [0, 0.05) is 25.6 Å². The fraction of sp³-hybridized carbons (Fsp3) is 0.947. The minimum Gasteiger partial charge on any atom is -0.462 e. The van der Waals surface area contributed by atoms with Crippen LogP contribution in [-0.2, 0) is 23.7 Å². The first-order valence-electron chi connectivity index (χ1n) is 9.72. The monoisotopic (exact) mass is 354 g/mol. The molecule has 4 rings (SSSR count). The van der Waals surface area contributed by atoms with E-state index in [2.05, 4.69) is 19.2 Å². The lowest BCUT2D eigenvalue weighted by Gasteiger charge is -2.48. The summed E-state index contributed by atoms with van der Waals surface area (Å²) in [7, 11) is 3.27. The summed E-state index contributed by atoms with van der Waals surface area (Å²) in [5.41, 5.74) is 0.146. The number of esters is 1. The van der Waals surface area contributed by atoms with E-state index in [0.29, 0.717) is 19.0 Å². The first-order valence-corrected chi connectivity index (χ1v) is 9.72. The van der Waals surface area contributed by atoms with Crippen LogP contribution < -0.4 is 5.32 Å². The number of ether oxygens (including phenoxy) is 4. The number of quaternary nitrogens is 1. The zero-order valence-electron chi connectivity index (χ0n) is 15.8. The van der Waals surface area contributed by atoms with Crippen molar-refractivity contribution in [3.05, 3.63) is 0 Å². The van der Waals surface area contributed by atoms with Gasteiger partial charge in [-0.25, -0.2) is 0 Å². The van der Waals surface area contributed by atoms with E-state index >= 15 is 0 Å². The van der Waals surface area contributed by atoms with Gasteiger partial charge in [-0.2, -0.15) is 0 Å².